The van der Waals surface area contributed by atoms with Crippen LogP contribution in [-0.2, 0) is 0 Å². The number of nitrogens with zero attached hydrogens (tertiary/aromatic N) is 6. The minimum atomic E-state index is -0.177. The quantitative estimate of drug-likeness (QED) is 0.329. The smallest absolute Gasteiger partial charge is 0.326 e. The molecule has 200 valence electrons. The van der Waals surface area contributed by atoms with Gasteiger partial charge in [-0.1, -0.05) is 54.6 Å². The number of benzene rings is 4. The van der Waals surface area contributed by atoms with E-state index in [1.807, 2.05) is 57.8 Å². The lowest BCUT2D eigenvalue weighted by Crippen LogP contribution is -2.40. The summed E-state index contributed by atoms with van der Waals surface area (Å²) in [4.78, 5) is 18.4. The highest BCUT2D eigenvalue weighted by molar-refractivity contribution is 5.86. The van der Waals surface area contributed by atoms with Crippen LogP contribution in [0.4, 0.5) is 0 Å². The number of aromatic amines is 1. The summed E-state index contributed by atoms with van der Waals surface area (Å²) in [5, 5.41) is 15.5. The van der Waals surface area contributed by atoms with Gasteiger partial charge in [0.2, 0.25) is 0 Å². The van der Waals surface area contributed by atoms with Crippen molar-refractivity contribution in [3.8, 4) is 11.4 Å². The number of fused-ring (bicyclic) bond motifs is 2. The van der Waals surface area contributed by atoms with E-state index in [0.717, 1.165) is 59.8 Å². The molecular weight excluding hydrogens is 502 g/mol. The summed E-state index contributed by atoms with van der Waals surface area (Å²) in [6.07, 6.45) is 1.68. The number of ether oxygens (including phenoxy) is 1. The van der Waals surface area contributed by atoms with E-state index in [2.05, 4.69) is 67.9 Å². The third-order valence-electron chi connectivity index (χ3n) is 8.03. The number of hydrogen-bond acceptors (Lipinski definition) is 6. The van der Waals surface area contributed by atoms with Gasteiger partial charge < -0.3 is 9.72 Å². The Bertz CT molecular complexity index is 1840. The lowest BCUT2D eigenvalue weighted by molar-refractivity contribution is 0.148. The van der Waals surface area contributed by atoms with Crippen LogP contribution >= 0.6 is 0 Å². The van der Waals surface area contributed by atoms with Crippen molar-refractivity contribution in [2.24, 2.45) is 0 Å². The summed E-state index contributed by atoms with van der Waals surface area (Å²) in [5.74, 6) is 1.53. The lowest BCUT2D eigenvalue weighted by Gasteiger charge is -2.37. The molecule has 0 bridgehead atoms. The van der Waals surface area contributed by atoms with Gasteiger partial charge in [0.1, 0.15) is 5.75 Å². The maximum Gasteiger partial charge on any atom is 0.326 e. The molecule has 1 unspecified atom stereocenters. The first-order valence-electron chi connectivity index (χ1n) is 13.5. The molecule has 2 aromatic heterocycles. The van der Waals surface area contributed by atoms with E-state index in [9.17, 15) is 4.79 Å². The number of aromatic nitrogens is 6. The first-order valence-corrected chi connectivity index (χ1v) is 13.5. The molecule has 1 aliphatic heterocycles. The van der Waals surface area contributed by atoms with Gasteiger partial charge in [0.15, 0.2) is 5.82 Å². The average Bonchev–Trinajstić information content (AvgIpc) is 3.62. The molecule has 0 saturated carbocycles. The molecule has 7 rings (SSSR count). The number of hydrogen-bond donors (Lipinski definition) is 1. The summed E-state index contributed by atoms with van der Waals surface area (Å²) < 4.78 is 9.11. The van der Waals surface area contributed by atoms with Gasteiger partial charge in [0.05, 0.1) is 29.9 Å². The summed E-state index contributed by atoms with van der Waals surface area (Å²) in [7, 11) is 1.65. The molecule has 9 nitrogen and oxygen atoms in total. The third kappa shape index (κ3) is 4.15. The van der Waals surface area contributed by atoms with E-state index >= 15 is 0 Å². The van der Waals surface area contributed by atoms with Crippen molar-refractivity contribution in [3.05, 3.63) is 113 Å². The van der Waals surface area contributed by atoms with Crippen LogP contribution in [0.3, 0.4) is 0 Å². The molecule has 1 atom stereocenters. The summed E-state index contributed by atoms with van der Waals surface area (Å²) in [6.45, 7) is 1.58. The molecule has 3 heterocycles. The van der Waals surface area contributed by atoms with E-state index in [1.165, 1.54) is 10.8 Å². The maximum absolute atomic E-state index is 12.9. The van der Waals surface area contributed by atoms with Crippen LogP contribution in [0.25, 0.3) is 27.5 Å². The molecule has 1 aliphatic rings. The summed E-state index contributed by atoms with van der Waals surface area (Å²) in [5.41, 5.74) is 3.81. The van der Waals surface area contributed by atoms with Crippen LogP contribution in [0.15, 0.2) is 95.8 Å². The fraction of sp³-hybridized carbons (Fsp3) is 0.226. The van der Waals surface area contributed by atoms with Crippen molar-refractivity contribution in [1.29, 1.82) is 0 Å². The zero-order chi connectivity index (χ0) is 27.1. The number of likely N-dealkylation sites (tertiary alicyclic amines) is 1. The molecular formula is C31H29N7O2. The molecule has 6 aromatic rings. The molecule has 1 saturated heterocycles. The van der Waals surface area contributed by atoms with Crippen LogP contribution in [0.2, 0.25) is 0 Å². The molecule has 1 fully saturated rings. The van der Waals surface area contributed by atoms with E-state index in [0.29, 0.717) is 0 Å². The first-order chi connectivity index (χ1) is 19.7. The number of piperidine rings is 1. The van der Waals surface area contributed by atoms with Crippen molar-refractivity contribution in [2.75, 3.05) is 20.2 Å². The largest absolute Gasteiger partial charge is 0.497 e. The van der Waals surface area contributed by atoms with Crippen LogP contribution in [0.1, 0.15) is 36.3 Å². The summed E-state index contributed by atoms with van der Waals surface area (Å²) in [6, 6.07) is 30.5. The van der Waals surface area contributed by atoms with Gasteiger partial charge in [0.25, 0.3) is 0 Å². The Hall–Kier alpha value is -4.76. The van der Waals surface area contributed by atoms with Crippen molar-refractivity contribution in [1.82, 2.24) is 34.7 Å². The summed E-state index contributed by atoms with van der Waals surface area (Å²) >= 11 is 0. The normalized spacial score (nSPS) is 15.5. The lowest BCUT2D eigenvalue weighted by atomic mass is 9.94. The molecule has 0 spiro atoms. The number of rotatable bonds is 6. The first kappa shape index (κ1) is 24.3. The molecule has 4 aromatic carbocycles. The highest BCUT2D eigenvalue weighted by atomic mass is 16.5. The van der Waals surface area contributed by atoms with Crippen molar-refractivity contribution >= 4 is 21.8 Å². The van der Waals surface area contributed by atoms with Crippen LogP contribution in [0.5, 0.6) is 5.75 Å². The Morgan fingerprint density at radius 1 is 0.900 bits per heavy atom. The molecule has 40 heavy (non-hydrogen) atoms. The minimum absolute atomic E-state index is 0.0475. The average molecular weight is 532 g/mol. The van der Waals surface area contributed by atoms with Crippen LogP contribution < -0.4 is 10.4 Å². The van der Waals surface area contributed by atoms with Gasteiger partial charge in [-0.15, -0.1) is 5.10 Å². The predicted molar refractivity (Wildman–Crippen MR) is 154 cm³/mol. The van der Waals surface area contributed by atoms with Crippen LogP contribution in [0, 0.1) is 0 Å². The topological polar surface area (TPSA) is 93.9 Å². The molecule has 0 aliphatic carbocycles. The zero-order valence-electron chi connectivity index (χ0n) is 22.1. The molecule has 1 N–H and O–H groups in total. The number of tetrazole rings is 1. The zero-order valence-corrected chi connectivity index (χ0v) is 22.1. The van der Waals surface area contributed by atoms with Gasteiger partial charge in [-0.25, -0.2) is 4.79 Å². The molecule has 0 radical (unpaired) electrons. The van der Waals surface area contributed by atoms with E-state index in [-0.39, 0.29) is 17.8 Å². The van der Waals surface area contributed by atoms with Crippen molar-refractivity contribution < 1.29 is 4.74 Å². The Labute approximate surface area is 230 Å². The fourth-order valence-electron chi connectivity index (χ4n) is 6.10. The van der Waals surface area contributed by atoms with Gasteiger partial charge in [-0.05, 0) is 76.0 Å². The van der Waals surface area contributed by atoms with Gasteiger partial charge >= 0.3 is 5.69 Å². The number of H-pyrrole nitrogens is 1. The van der Waals surface area contributed by atoms with Crippen molar-refractivity contribution in [2.45, 2.75) is 24.9 Å². The second kappa shape index (κ2) is 10.1. The SMILES string of the molecule is COc1ccc(-n2nnnc2C(c2cccc3ccccc23)N2CCC(n3c(=O)[nH]c4ccccc43)CC2)cc1. The standard InChI is InChI=1S/C31H29N7O2/c1-40-24-15-13-23(14-16-24)38-30(33-34-35-38)29(26-10-6-8-21-7-2-3-9-25(21)26)36-19-17-22(18-20-36)37-28-12-5-4-11-27(28)32-31(37)39/h2-16,22,29H,17-20H2,1H3,(H,32,39). The number of imidazole rings is 1. The Morgan fingerprint density at radius 3 is 2.48 bits per heavy atom. The van der Waals surface area contributed by atoms with E-state index < -0.39 is 0 Å². The van der Waals surface area contributed by atoms with Gasteiger partial charge in [0, 0.05) is 19.1 Å². The predicted octanol–water partition coefficient (Wildman–Crippen LogP) is 4.89. The number of para-hydroxylation sites is 2. The number of nitrogens with one attached hydrogen (secondary N) is 1. The third-order valence-corrected chi connectivity index (χ3v) is 8.03. The monoisotopic (exact) mass is 531 g/mol. The minimum Gasteiger partial charge on any atom is -0.497 e. The van der Waals surface area contributed by atoms with Crippen molar-refractivity contribution in [3.63, 3.8) is 0 Å². The Balaban J connectivity index is 1.28. The molecule has 0 amide bonds. The second-order valence-corrected chi connectivity index (χ2v) is 10.2. The number of methoxy groups -OCH3 is 1. The second-order valence-electron chi connectivity index (χ2n) is 10.2. The Kier molecular flexibility index (Phi) is 6.13. The van der Waals surface area contributed by atoms with E-state index in [1.54, 1.807) is 7.11 Å². The van der Waals surface area contributed by atoms with Gasteiger partial charge in [-0.3, -0.25) is 9.47 Å². The fourth-order valence-corrected chi connectivity index (χ4v) is 6.10. The Morgan fingerprint density at radius 2 is 1.65 bits per heavy atom. The van der Waals surface area contributed by atoms with E-state index in [4.69, 9.17) is 4.74 Å². The maximum atomic E-state index is 12.9. The highest BCUT2D eigenvalue weighted by Crippen LogP contribution is 2.37. The highest BCUT2D eigenvalue weighted by Gasteiger charge is 2.33. The molecule has 9 heteroatoms. The van der Waals surface area contributed by atoms with Crippen LogP contribution in [-0.4, -0.2) is 54.9 Å². The van der Waals surface area contributed by atoms with Gasteiger partial charge in [-0.2, -0.15) is 4.68 Å².